The lowest BCUT2D eigenvalue weighted by Crippen LogP contribution is -2.30. The summed E-state index contributed by atoms with van der Waals surface area (Å²) < 4.78 is 17.0. The van der Waals surface area contributed by atoms with Crippen LogP contribution < -0.4 is 0 Å². The lowest BCUT2D eigenvalue weighted by molar-refractivity contribution is -0.167. The van der Waals surface area contributed by atoms with E-state index in [2.05, 4.69) is 32.9 Å². The number of unbranched alkanes of at least 4 members (excludes halogenated alkanes) is 55. The summed E-state index contributed by atoms with van der Waals surface area (Å²) in [6, 6.07) is 0. The predicted molar refractivity (Wildman–Crippen MR) is 344 cm³/mol. The Kier molecular flexibility index (Phi) is 67.0. The smallest absolute Gasteiger partial charge is 0.306 e. The lowest BCUT2D eigenvalue weighted by atomic mass is 10.0. The van der Waals surface area contributed by atoms with Gasteiger partial charge in [0, 0.05) is 19.3 Å². The van der Waals surface area contributed by atoms with Crippen LogP contribution in [0.25, 0.3) is 0 Å². The number of rotatable bonds is 68. The van der Waals surface area contributed by atoms with Crippen molar-refractivity contribution in [2.75, 3.05) is 13.2 Å². The van der Waals surface area contributed by atoms with Gasteiger partial charge in [0.05, 0.1) is 0 Å². The summed E-state index contributed by atoms with van der Waals surface area (Å²) >= 11 is 0. The van der Waals surface area contributed by atoms with Crippen molar-refractivity contribution in [3.8, 4) is 0 Å². The van der Waals surface area contributed by atoms with Crippen molar-refractivity contribution in [2.24, 2.45) is 0 Å². The maximum absolute atomic E-state index is 12.9. The molecule has 468 valence electrons. The first-order chi connectivity index (χ1) is 39.0. The fourth-order valence-electron chi connectivity index (χ4n) is 11.3. The summed E-state index contributed by atoms with van der Waals surface area (Å²) in [6.45, 7) is 6.73. The number of hydrogen-bond donors (Lipinski definition) is 0. The van der Waals surface area contributed by atoms with Gasteiger partial charge >= 0.3 is 17.9 Å². The van der Waals surface area contributed by atoms with E-state index in [4.69, 9.17) is 14.2 Å². The summed E-state index contributed by atoms with van der Waals surface area (Å²) in [6.07, 6.45) is 82.5. The van der Waals surface area contributed by atoms with Gasteiger partial charge in [-0.05, 0) is 44.9 Å². The molecule has 0 aliphatic rings. The molecule has 0 amide bonds. The molecule has 0 heterocycles. The van der Waals surface area contributed by atoms with Crippen LogP contribution in [0.5, 0.6) is 0 Å². The van der Waals surface area contributed by atoms with Crippen LogP contribution in [0.1, 0.15) is 419 Å². The second-order valence-corrected chi connectivity index (χ2v) is 24.9. The highest BCUT2D eigenvalue weighted by Crippen LogP contribution is 2.19. The Morgan fingerprint density at radius 2 is 0.418 bits per heavy atom. The molecule has 0 aliphatic heterocycles. The van der Waals surface area contributed by atoms with Crippen LogP contribution in [-0.4, -0.2) is 37.2 Å². The van der Waals surface area contributed by atoms with Crippen molar-refractivity contribution in [1.82, 2.24) is 0 Å². The minimum absolute atomic E-state index is 0.0638. The Bertz CT molecular complexity index is 1230. The van der Waals surface area contributed by atoms with Crippen LogP contribution in [0.4, 0.5) is 0 Å². The van der Waals surface area contributed by atoms with E-state index in [0.717, 1.165) is 57.8 Å². The number of allylic oxidation sites excluding steroid dienone is 2. The number of ether oxygens (including phenoxy) is 3. The molecule has 1 unspecified atom stereocenters. The highest BCUT2D eigenvalue weighted by atomic mass is 16.6. The Morgan fingerprint density at radius 3 is 0.633 bits per heavy atom. The molecule has 0 aromatic heterocycles. The van der Waals surface area contributed by atoms with Crippen molar-refractivity contribution >= 4 is 17.9 Å². The Morgan fingerprint density at radius 1 is 0.241 bits per heavy atom. The van der Waals surface area contributed by atoms with Crippen LogP contribution in [0.2, 0.25) is 0 Å². The molecular formula is C73H140O6. The molecule has 0 rings (SSSR count). The topological polar surface area (TPSA) is 78.9 Å². The number of esters is 3. The normalized spacial score (nSPS) is 12.0. The first kappa shape index (κ1) is 77.2. The monoisotopic (exact) mass is 1110 g/mol. The van der Waals surface area contributed by atoms with Crippen LogP contribution in [0.15, 0.2) is 12.2 Å². The fourth-order valence-corrected chi connectivity index (χ4v) is 11.3. The number of carbonyl (C=O) groups excluding carboxylic acids is 3. The summed E-state index contributed by atoms with van der Waals surface area (Å²) in [7, 11) is 0. The first-order valence-corrected chi connectivity index (χ1v) is 36.2. The van der Waals surface area contributed by atoms with Crippen molar-refractivity contribution in [2.45, 2.75) is 425 Å². The molecule has 1 atom stereocenters. The minimum Gasteiger partial charge on any atom is -0.462 e. The lowest BCUT2D eigenvalue weighted by Gasteiger charge is -2.18. The highest BCUT2D eigenvalue weighted by molar-refractivity contribution is 5.71. The summed E-state index contributed by atoms with van der Waals surface area (Å²) in [5.74, 6) is -0.830. The van der Waals surface area contributed by atoms with Crippen molar-refractivity contribution in [1.29, 1.82) is 0 Å². The molecule has 0 bridgehead atoms. The fraction of sp³-hybridized carbons (Fsp3) is 0.932. The summed E-state index contributed by atoms with van der Waals surface area (Å²) in [5, 5.41) is 0. The first-order valence-electron chi connectivity index (χ1n) is 36.2. The third-order valence-electron chi connectivity index (χ3n) is 16.8. The Balaban J connectivity index is 4.18. The van der Waals surface area contributed by atoms with Gasteiger partial charge in [0.15, 0.2) is 6.10 Å². The van der Waals surface area contributed by atoms with Gasteiger partial charge < -0.3 is 14.2 Å². The quantitative estimate of drug-likeness (QED) is 0.0261. The van der Waals surface area contributed by atoms with Gasteiger partial charge in [-0.25, -0.2) is 0 Å². The minimum atomic E-state index is -0.767. The van der Waals surface area contributed by atoms with E-state index in [1.165, 1.54) is 321 Å². The van der Waals surface area contributed by atoms with Crippen LogP contribution in [0, 0.1) is 0 Å². The highest BCUT2D eigenvalue weighted by Gasteiger charge is 2.19. The van der Waals surface area contributed by atoms with E-state index in [-0.39, 0.29) is 31.1 Å². The van der Waals surface area contributed by atoms with E-state index in [0.29, 0.717) is 19.3 Å². The zero-order valence-corrected chi connectivity index (χ0v) is 53.9. The molecule has 0 radical (unpaired) electrons. The zero-order valence-electron chi connectivity index (χ0n) is 53.9. The molecule has 0 aliphatic carbocycles. The molecular weight excluding hydrogens is 973 g/mol. The summed E-state index contributed by atoms with van der Waals surface area (Å²) in [4.78, 5) is 38.4. The molecule has 6 heteroatoms. The van der Waals surface area contributed by atoms with Gasteiger partial charge in [0.2, 0.25) is 0 Å². The molecule has 0 spiro atoms. The molecule has 0 saturated carbocycles. The molecule has 0 aromatic rings. The van der Waals surface area contributed by atoms with Gasteiger partial charge in [-0.1, -0.05) is 367 Å². The third kappa shape index (κ3) is 66.8. The van der Waals surface area contributed by atoms with E-state index < -0.39 is 6.10 Å². The second kappa shape index (κ2) is 68.6. The average Bonchev–Trinajstić information content (AvgIpc) is 3.45. The molecule has 0 aromatic carbocycles. The van der Waals surface area contributed by atoms with Gasteiger partial charge in [0.25, 0.3) is 0 Å². The Hall–Kier alpha value is -1.85. The molecule has 79 heavy (non-hydrogen) atoms. The predicted octanol–water partition coefficient (Wildman–Crippen LogP) is 24.8. The average molecular weight is 1110 g/mol. The van der Waals surface area contributed by atoms with Crippen LogP contribution >= 0.6 is 0 Å². The molecule has 0 N–H and O–H groups in total. The van der Waals surface area contributed by atoms with Crippen molar-refractivity contribution in [3.05, 3.63) is 12.2 Å². The van der Waals surface area contributed by atoms with E-state index in [1.54, 1.807) is 0 Å². The number of hydrogen-bond acceptors (Lipinski definition) is 6. The molecule has 0 saturated heterocycles. The van der Waals surface area contributed by atoms with E-state index >= 15 is 0 Å². The molecule has 6 nitrogen and oxygen atoms in total. The third-order valence-corrected chi connectivity index (χ3v) is 16.8. The maximum Gasteiger partial charge on any atom is 0.306 e. The standard InChI is InChI=1S/C73H140O6/c1-4-7-10-13-16-19-22-25-28-30-32-33-34-35-36-37-38-39-40-42-43-45-48-51-54-57-60-63-66-72(75)78-69-70(68-77-71(74)65-62-59-56-53-50-47-27-24-21-18-15-12-9-6-3)79-73(76)67-64-61-58-55-52-49-46-44-41-31-29-26-23-20-17-14-11-8-5-2/h26,29,70H,4-25,27-28,30-69H2,1-3H3/b29-26-. The van der Waals surface area contributed by atoms with Gasteiger partial charge in [-0.15, -0.1) is 0 Å². The van der Waals surface area contributed by atoms with Crippen molar-refractivity contribution < 1.29 is 28.6 Å². The van der Waals surface area contributed by atoms with Gasteiger partial charge in [0.1, 0.15) is 13.2 Å². The number of carbonyl (C=O) groups is 3. The van der Waals surface area contributed by atoms with E-state index in [1.807, 2.05) is 0 Å². The zero-order chi connectivity index (χ0) is 57.1. The van der Waals surface area contributed by atoms with E-state index in [9.17, 15) is 14.4 Å². The second-order valence-electron chi connectivity index (χ2n) is 24.9. The van der Waals surface area contributed by atoms with Crippen LogP contribution in [-0.2, 0) is 28.6 Å². The van der Waals surface area contributed by atoms with Crippen LogP contribution in [0.3, 0.4) is 0 Å². The van der Waals surface area contributed by atoms with Crippen molar-refractivity contribution in [3.63, 3.8) is 0 Å². The largest absolute Gasteiger partial charge is 0.462 e. The van der Waals surface area contributed by atoms with Gasteiger partial charge in [-0.3, -0.25) is 14.4 Å². The molecule has 0 fully saturated rings. The summed E-state index contributed by atoms with van der Waals surface area (Å²) in [5.41, 5.74) is 0. The Labute approximate surface area is 494 Å². The van der Waals surface area contributed by atoms with Gasteiger partial charge in [-0.2, -0.15) is 0 Å². The maximum atomic E-state index is 12.9. The SMILES string of the molecule is CCCCCCCC/C=C\CCCCCCCCCCCC(=O)OC(COC(=O)CCCCCCCCCCCCCCCC)COC(=O)CCCCCCCCCCCCCCCCCCCCCCCCCCCCCC.